The molecule has 0 amide bonds. The first kappa shape index (κ1) is 14.0. The maximum atomic E-state index is 5.86. The quantitative estimate of drug-likeness (QED) is 0.625. The van der Waals surface area contributed by atoms with E-state index >= 15 is 0 Å². The number of rotatable bonds is 4. The topological polar surface area (TPSA) is 35.0 Å². The normalized spacial score (nSPS) is 10.3. The summed E-state index contributed by atoms with van der Waals surface area (Å²) in [5, 5.41) is 8.09. The van der Waals surface area contributed by atoms with Gasteiger partial charge in [-0.3, -0.25) is 0 Å². The summed E-state index contributed by atoms with van der Waals surface area (Å²) in [5.74, 6) is 0.833. The maximum Gasteiger partial charge on any atom is 0.120 e. The van der Waals surface area contributed by atoms with Gasteiger partial charge in [-0.05, 0) is 58.5 Å². The summed E-state index contributed by atoms with van der Waals surface area (Å²) in [6, 6.07) is 20.0. The van der Waals surface area contributed by atoms with Crippen molar-refractivity contribution in [2.75, 3.05) is 0 Å². The van der Waals surface area contributed by atoms with Crippen molar-refractivity contribution >= 4 is 22.6 Å². The lowest BCUT2D eigenvalue weighted by Crippen LogP contribution is -1.96. The van der Waals surface area contributed by atoms with Crippen molar-refractivity contribution in [3.63, 3.8) is 0 Å². The van der Waals surface area contributed by atoms with Crippen molar-refractivity contribution in [2.24, 2.45) is 0 Å². The van der Waals surface area contributed by atoms with Gasteiger partial charge in [-0.15, -0.1) is 0 Å². The number of halogens is 1. The van der Waals surface area contributed by atoms with Crippen LogP contribution in [-0.4, -0.2) is 10.2 Å². The summed E-state index contributed by atoms with van der Waals surface area (Å²) in [6.45, 7) is 0.557. The first-order valence-electron chi connectivity index (χ1n) is 6.57. The molecule has 0 aliphatic heterocycles. The molecular weight excluding hydrogens is 375 g/mol. The molecule has 1 aromatic heterocycles. The third-order valence-electron chi connectivity index (χ3n) is 3.03. The molecule has 104 valence electrons. The Morgan fingerprint density at radius 3 is 2.57 bits per heavy atom. The molecule has 3 nitrogen and oxygen atoms in total. The second kappa shape index (κ2) is 6.67. The van der Waals surface area contributed by atoms with Crippen LogP contribution in [0, 0.1) is 3.57 Å². The fourth-order valence-electron chi connectivity index (χ4n) is 1.98. The third kappa shape index (κ3) is 3.58. The van der Waals surface area contributed by atoms with Gasteiger partial charge >= 0.3 is 0 Å². The van der Waals surface area contributed by atoms with Crippen LogP contribution in [0.2, 0.25) is 0 Å². The molecule has 4 heteroatoms. The van der Waals surface area contributed by atoms with Gasteiger partial charge in [-0.25, -0.2) is 0 Å². The van der Waals surface area contributed by atoms with Crippen molar-refractivity contribution in [2.45, 2.75) is 6.61 Å². The molecule has 1 heterocycles. The van der Waals surface area contributed by atoms with Crippen LogP contribution in [0.4, 0.5) is 0 Å². The van der Waals surface area contributed by atoms with Crippen molar-refractivity contribution in [3.8, 4) is 17.0 Å². The van der Waals surface area contributed by atoms with Crippen LogP contribution >= 0.6 is 22.6 Å². The molecule has 3 aromatic rings. The molecule has 0 aliphatic rings. The van der Waals surface area contributed by atoms with Crippen LogP contribution in [0.3, 0.4) is 0 Å². The lowest BCUT2D eigenvalue weighted by molar-refractivity contribution is 0.306. The van der Waals surface area contributed by atoms with E-state index in [1.807, 2.05) is 48.5 Å². The predicted molar refractivity (Wildman–Crippen MR) is 91.0 cm³/mol. The van der Waals surface area contributed by atoms with Crippen molar-refractivity contribution in [1.29, 1.82) is 0 Å². The minimum absolute atomic E-state index is 0.557. The summed E-state index contributed by atoms with van der Waals surface area (Å²) in [7, 11) is 0. The Labute approximate surface area is 137 Å². The minimum Gasteiger partial charge on any atom is -0.489 e. The average Bonchev–Trinajstić information content (AvgIpc) is 2.56. The zero-order valence-electron chi connectivity index (χ0n) is 11.2. The van der Waals surface area contributed by atoms with E-state index in [9.17, 15) is 0 Å². The molecule has 21 heavy (non-hydrogen) atoms. The third-order valence-corrected chi connectivity index (χ3v) is 3.98. The first-order chi connectivity index (χ1) is 10.3. The number of nitrogens with zero attached hydrogens (tertiary/aromatic N) is 2. The van der Waals surface area contributed by atoms with E-state index in [0.29, 0.717) is 6.61 Å². The van der Waals surface area contributed by atoms with Crippen molar-refractivity contribution in [1.82, 2.24) is 10.2 Å². The van der Waals surface area contributed by atoms with Gasteiger partial charge in [-0.2, -0.15) is 10.2 Å². The molecule has 2 aromatic carbocycles. The monoisotopic (exact) mass is 388 g/mol. The van der Waals surface area contributed by atoms with Crippen molar-refractivity contribution in [3.05, 3.63) is 76.0 Å². The fraction of sp³-hybridized carbons (Fsp3) is 0.0588. The standard InChI is InChI=1S/C17H13IN2O/c18-16-9-8-14(21-12-13-5-2-1-3-6-13)11-15(16)17-7-4-10-19-20-17/h1-11H,12H2. The number of ether oxygens (including phenoxy) is 1. The Balaban J connectivity index is 1.81. The number of hydrogen-bond acceptors (Lipinski definition) is 3. The van der Waals surface area contributed by atoms with E-state index in [1.165, 1.54) is 0 Å². The Kier molecular flexibility index (Phi) is 4.45. The van der Waals surface area contributed by atoms with Crippen LogP contribution in [-0.2, 0) is 6.61 Å². The van der Waals surface area contributed by atoms with Crippen LogP contribution in [0.15, 0.2) is 66.9 Å². The molecule has 0 aliphatic carbocycles. The molecule has 0 saturated carbocycles. The summed E-state index contributed by atoms with van der Waals surface area (Å²) in [5.41, 5.74) is 3.04. The second-order valence-electron chi connectivity index (χ2n) is 4.52. The Bertz CT molecular complexity index is 717. The zero-order chi connectivity index (χ0) is 14.5. The fourth-order valence-corrected chi connectivity index (χ4v) is 2.59. The predicted octanol–water partition coefficient (Wildman–Crippen LogP) is 4.33. The van der Waals surface area contributed by atoms with Crippen LogP contribution in [0.5, 0.6) is 5.75 Å². The minimum atomic E-state index is 0.557. The van der Waals surface area contributed by atoms with Gasteiger partial charge in [0.15, 0.2) is 0 Å². The molecular formula is C17H13IN2O. The van der Waals surface area contributed by atoms with E-state index in [2.05, 4.69) is 44.9 Å². The largest absolute Gasteiger partial charge is 0.489 e. The van der Waals surface area contributed by atoms with E-state index in [4.69, 9.17) is 4.74 Å². The van der Waals surface area contributed by atoms with Gasteiger partial charge in [0.2, 0.25) is 0 Å². The van der Waals surface area contributed by atoms with Gasteiger partial charge in [0.1, 0.15) is 12.4 Å². The maximum absolute atomic E-state index is 5.86. The highest BCUT2D eigenvalue weighted by Gasteiger charge is 2.07. The molecule has 0 atom stereocenters. The van der Waals surface area contributed by atoms with Gasteiger partial charge in [0.25, 0.3) is 0 Å². The lowest BCUT2D eigenvalue weighted by atomic mass is 10.1. The number of benzene rings is 2. The molecule has 0 unspecified atom stereocenters. The average molecular weight is 388 g/mol. The smallest absolute Gasteiger partial charge is 0.120 e. The highest BCUT2D eigenvalue weighted by atomic mass is 127. The summed E-state index contributed by atoms with van der Waals surface area (Å²) >= 11 is 2.30. The van der Waals surface area contributed by atoms with Crippen LogP contribution in [0.25, 0.3) is 11.3 Å². The van der Waals surface area contributed by atoms with Gasteiger partial charge in [0, 0.05) is 15.3 Å². The molecule has 0 N–H and O–H groups in total. The van der Waals surface area contributed by atoms with Gasteiger partial charge < -0.3 is 4.74 Å². The summed E-state index contributed by atoms with van der Waals surface area (Å²) < 4.78 is 6.98. The Morgan fingerprint density at radius 2 is 1.81 bits per heavy atom. The molecule has 3 rings (SSSR count). The lowest BCUT2D eigenvalue weighted by Gasteiger charge is -2.09. The van der Waals surface area contributed by atoms with Gasteiger partial charge in [-0.1, -0.05) is 30.3 Å². The highest BCUT2D eigenvalue weighted by molar-refractivity contribution is 14.1. The zero-order valence-corrected chi connectivity index (χ0v) is 13.4. The van der Waals surface area contributed by atoms with E-state index in [1.54, 1.807) is 6.20 Å². The SMILES string of the molecule is Ic1ccc(OCc2ccccc2)cc1-c1cccnn1. The van der Waals surface area contributed by atoms with Crippen LogP contribution < -0.4 is 4.74 Å². The van der Waals surface area contributed by atoms with Gasteiger partial charge in [0.05, 0.1) is 5.69 Å². The molecule has 0 fully saturated rings. The summed E-state index contributed by atoms with van der Waals surface area (Å²) in [4.78, 5) is 0. The van der Waals surface area contributed by atoms with E-state index in [-0.39, 0.29) is 0 Å². The summed E-state index contributed by atoms with van der Waals surface area (Å²) in [6.07, 6.45) is 1.67. The first-order valence-corrected chi connectivity index (χ1v) is 7.65. The number of aromatic nitrogens is 2. The highest BCUT2D eigenvalue weighted by Crippen LogP contribution is 2.27. The van der Waals surface area contributed by atoms with Crippen LogP contribution in [0.1, 0.15) is 5.56 Å². The molecule has 0 bridgehead atoms. The second-order valence-corrected chi connectivity index (χ2v) is 5.69. The van der Waals surface area contributed by atoms with E-state index < -0.39 is 0 Å². The van der Waals surface area contributed by atoms with E-state index in [0.717, 1.165) is 26.1 Å². The molecule has 0 radical (unpaired) electrons. The van der Waals surface area contributed by atoms with Crippen molar-refractivity contribution < 1.29 is 4.74 Å². The molecule has 0 spiro atoms. The Hall–Kier alpha value is -1.95. The number of hydrogen-bond donors (Lipinski definition) is 0. The molecule has 0 saturated heterocycles. The Morgan fingerprint density at radius 1 is 0.952 bits per heavy atom.